The minimum absolute atomic E-state index is 0.584. The van der Waals surface area contributed by atoms with Gasteiger partial charge in [0.2, 0.25) is 0 Å². The average Bonchev–Trinajstić information content (AvgIpc) is 2.75. The van der Waals surface area contributed by atoms with Crippen molar-refractivity contribution in [3.63, 3.8) is 0 Å². The van der Waals surface area contributed by atoms with Crippen LogP contribution in [0.25, 0.3) is 0 Å². The van der Waals surface area contributed by atoms with E-state index in [1.54, 1.807) is 20.5 Å². The van der Waals surface area contributed by atoms with Gasteiger partial charge in [-0.2, -0.15) is 0 Å². The number of ether oxygens (including phenoxy) is 2. The first kappa shape index (κ1) is 21.4. The summed E-state index contributed by atoms with van der Waals surface area (Å²) in [4.78, 5) is 15.5. The van der Waals surface area contributed by atoms with E-state index < -0.39 is 0 Å². The van der Waals surface area contributed by atoms with Crippen molar-refractivity contribution in [1.82, 2.24) is 9.97 Å². The number of piperazine rings is 1. The molecule has 9 heteroatoms. The fourth-order valence-electron chi connectivity index (χ4n) is 3.46. The molecule has 158 valence electrons. The second kappa shape index (κ2) is 10.5. The molecule has 1 aliphatic rings. The summed E-state index contributed by atoms with van der Waals surface area (Å²) in [5, 5.41) is 0.752. The Balaban J connectivity index is 1.72. The molecular weight excluding hydrogens is 392 g/mol. The number of halogens is 1. The first-order valence-corrected chi connectivity index (χ1v) is 10.1. The van der Waals surface area contributed by atoms with E-state index in [4.69, 9.17) is 26.8 Å². The maximum Gasteiger partial charge on any atom is 0.157 e. The first-order chi connectivity index (χ1) is 14.1. The highest BCUT2D eigenvalue weighted by molar-refractivity contribution is 6.30. The Kier molecular flexibility index (Phi) is 7.74. The Morgan fingerprint density at radius 2 is 1.69 bits per heavy atom. The number of hydrogen-bond acceptors (Lipinski definition) is 8. The van der Waals surface area contributed by atoms with Crippen molar-refractivity contribution in [2.24, 2.45) is 0 Å². The molecule has 0 aliphatic carbocycles. The molecule has 1 aliphatic heterocycles. The maximum atomic E-state index is 6.50. The number of anilines is 4. The van der Waals surface area contributed by atoms with Crippen LogP contribution in [0.5, 0.6) is 0 Å². The molecular formula is C20H29ClN6O2. The predicted molar refractivity (Wildman–Crippen MR) is 118 cm³/mol. The number of nitrogens with two attached hydrogens (primary N) is 1. The summed E-state index contributed by atoms with van der Waals surface area (Å²) in [6.45, 7) is 5.92. The van der Waals surface area contributed by atoms with Gasteiger partial charge in [-0.05, 0) is 18.2 Å². The minimum atomic E-state index is 0.584. The molecule has 0 bridgehead atoms. The van der Waals surface area contributed by atoms with E-state index in [9.17, 15) is 0 Å². The van der Waals surface area contributed by atoms with Crippen molar-refractivity contribution in [2.45, 2.75) is 0 Å². The highest BCUT2D eigenvalue weighted by atomic mass is 35.5. The topological polar surface area (TPSA) is 80.0 Å². The molecule has 0 saturated carbocycles. The number of benzene rings is 1. The SMILES string of the molecule is COCCN(CCOC)c1ncnc(N2CCN(c3cccc(Cl)c3)CC2)c1N. The van der Waals surface area contributed by atoms with Crippen LogP contribution in [0, 0.1) is 0 Å². The fraction of sp³-hybridized carbons (Fsp3) is 0.500. The van der Waals surface area contributed by atoms with Gasteiger partial charge in [-0.25, -0.2) is 9.97 Å². The number of nitrogen functional groups attached to an aromatic ring is 1. The standard InChI is InChI=1S/C20H29ClN6O2/c1-28-12-10-27(11-13-29-2)20-18(22)19(23-15-24-20)26-8-6-25(7-9-26)17-5-3-4-16(21)14-17/h3-5,14-15H,6-13,22H2,1-2H3. The molecule has 29 heavy (non-hydrogen) atoms. The molecule has 1 aromatic carbocycles. The van der Waals surface area contributed by atoms with Gasteiger partial charge in [0.1, 0.15) is 12.0 Å². The van der Waals surface area contributed by atoms with E-state index in [0.29, 0.717) is 32.0 Å². The van der Waals surface area contributed by atoms with E-state index in [1.807, 2.05) is 18.2 Å². The molecule has 0 unspecified atom stereocenters. The monoisotopic (exact) mass is 420 g/mol. The summed E-state index contributed by atoms with van der Waals surface area (Å²) in [5.74, 6) is 1.50. The van der Waals surface area contributed by atoms with E-state index in [0.717, 1.165) is 48.5 Å². The van der Waals surface area contributed by atoms with Crippen LogP contribution in [0.1, 0.15) is 0 Å². The van der Waals surface area contributed by atoms with Gasteiger partial charge in [0, 0.05) is 64.2 Å². The lowest BCUT2D eigenvalue weighted by Crippen LogP contribution is -2.47. The summed E-state index contributed by atoms with van der Waals surface area (Å²) in [6.07, 6.45) is 1.58. The van der Waals surface area contributed by atoms with Gasteiger partial charge in [-0.3, -0.25) is 0 Å². The molecule has 8 nitrogen and oxygen atoms in total. The van der Waals surface area contributed by atoms with Gasteiger partial charge in [0.25, 0.3) is 0 Å². The van der Waals surface area contributed by atoms with Gasteiger partial charge in [0.15, 0.2) is 11.6 Å². The summed E-state index contributed by atoms with van der Waals surface area (Å²) < 4.78 is 10.5. The molecule has 2 aromatic rings. The first-order valence-electron chi connectivity index (χ1n) is 9.72. The lowest BCUT2D eigenvalue weighted by Gasteiger charge is -2.37. The van der Waals surface area contributed by atoms with Crippen LogP contribution in [0.3, 0.4) is 0 Å². The molecule has 0 spiro atoms. The van der Waals surface area contributed by atoms with E-state index in [1.165, 1.54) is 0 Å². The molecule has 0 atom stereocenters. The van der Waals surface area contributed by atoms with Crippen LogP contribution < -0.4 is 20.4 Å². The summed E-state index contributed by atoms with van der Waals surface area (Å²) in [7, 11) is 3.37. The Hall–Kier alpha value is -2.29. The zero-order chi connectivity index (χ0) is 20.6. The molecule has 2 N–H and O–H groups in total. The number of nitrogens with zero attached hydrogens (tertiary/aromatic N) is 5. The Bertz CT molecular complexity index is 777. The fourth-order valence-corrected chi connectivity index (χ4v) is 3.64. The van der Waals surface area contributed by atoms with Gasteiger partial charge in [-0.15, -0.1) is 0 Å². The molecule has 1 fully saturated rings. The molecule has 0 amide bonds. The van der Waals surface area contributed by atoms with Crippen LogP contribution in [0.15, 0.2) is 30.6 Å². The van der Waals surface area contributed by atoms with Gasteiger partial charge >= 0.3 is 0 Å². The largest absolute Gasteiger partial charge is 0.393 e. The van der Waals surface area contributed by atoms with Crippen LogP contribution in [0.4, 0.5) is 23.0 Å². The lowest BCUT2D eigenvalue weighted by atomic mass is 10.2. The number of aromatic nitrogens is 2. The Labute approximate surface area is 177 Å². The summed E-state index contributed by atoms with van der Waals surface area (Å²) in [5.41, 5.74) is 8.23. The molecule has 0 radical (unpaired) electrons. The van der Waals surface area contributed by atoms with Gasteiger partial charge in [0.05, 0.1) is 13.2 Å². The summed E-state index contributed by atoms with van der Waals surface area (Å²) >= 11 is 6.14. The third-order valence-corrected chi connectivity index (χ3v) is 5.26. The van der Waals surface area contributed by atoms with Crippen molar-refractivity contribution >= 4 is 34.6 Å². The third kappa shape index (κ3) is 5.41. The quantitative estimate of drug-likeness (QED) is 0.661. The number of methoxy groups -OCH3 is 2. The Morgan fingerprint density at radius 1 is 1.03 bits per heavy atom. The molecule has 1 aromatic heterocycles. The van der Waals surface area contributed by atoms with Crippen LogP contribution >= 0.6 is 11.6 Å². The minimum Gasteiger partial charge on any atom is -0.393 e. The second-order valence-corrected chi connectivity index (χ2v) is 7.30. The van der Waals surface area contributed by atoms with Crippen molar-refractivity contribution in [3.05, 3.63) is 35.6 Å². The summed E-state index contributed by atoms with van der Waals surface area (Å²) in [6, 6.07) is 7.96. The second-order valence-electron chi connectivity index (χ2n) is 6.86. The Morgan fingerprint density at radius 3 is 2.31 bits per heavy atom. The van der Waals surface area contributed by atoms with E-state index in [2.05, 4.69) is 30.7 Å². The van der Waals surface area contributed by atoms with Crippen LogP contribution in [-0.4, -0.2) is 76.7 Å². The zero-order valence-electron chi connectivity index (χ0n) is 17.1. The predicted octanol–water partition coefficient (Wildman–Crippen LogP) is 2.14. The van der Waals surface area contributed by atoms with Crippen molar-refractivity contribution in [3.8, 4) is 0 Å². The van der Waals surface area contributed by atoms with Gasteiger partial charge in [-0.1, -0.05) is 17.7 Å². The molecule has 1 saturated heterocycles. The van der Waals surface area contributed by atoms with Gasteiger partial charge < -0.3 is 29.9 Å². The smallest absolute Gasteiger partial charge is 0.157 e. The van der Waals surface area contributed by atoms with Crippen molar-refractivity contribution in [1.29, 1.82) is 0 Å². The molecule has 2 heterocycles. The van der Waals surface area contributed by atoms with Crippen molar-refractivity contribution in [2.75, 3.05) is 87.1 Å². The number of hydrogen-bond donors (Lipinski definition) is 1. The highest BCUT2D eigenvalue weighted by Crippen LogP contribution is 2.30. The maximum absolute atomic E-state index is 6.50. The van der Waals surface area contributed by atoms with Crippen LogP contribution in [-0.2, 0) is 9.47 Å². The normalized spacial score (nSPS) is 14.3. The lowest BCUT2D eigenvalue weighted by molar-refractivity contribution is 0.190. The average molecular weight is 421 g/mol. The van der Waals surface area contributed by atoms with E-state index >= 15 is 0 Å². The number of rotatable bonds is 9. The zero-order valence-corrected chi connectivity index (χ0v) is 17.8. The highest BCUT2D eigenvalue weighted by Gasteiger charge is 2.23. The molecule has 3 rings (SSSR count). The van der Waals surface area contributed by atoms with Crippen LogP contribution in [0.2, 0.25) is 5.02 Å². The van der Waals surface area contributed by atoms with E-state index in [-0.39, 0.29) is 0 Å². The van der Waals surface area contributed by atoms with Crippen molar-refractivity contribution < 1.29 is 9.47 Å². The third-order valence-electron chi connectivity index (χ3n) is 5.02.